The molecule has 0 unspecified atom stereocenters. The van der Waals surface area contributed by atoms with Crippen molar-refractivity contribution < 1.29 is 33.2 Å². The number of benzene rings is 3. The molecule has 0 aromatic heterocycles. The molecule has 0 aliphatic heterocycles. The topological polar surface area (TPSA) is 76.6 Å². The van der Waals surface area contributed by atoms with Crippen LogP contribution in [0.3, 0.4) is 0 Å². The van der Waals surface area contributed by atoms with Gasteiger partial charge in [0.05, 0.1) is 55.5 Å². The zero-order valence-electron chi connectivity index (χ0n) is 21.5. The molecule has 0 atom stereocenters. The molecule has 0 radical (unpaired) electrons. The molecular weight excluding hydrogens is 482 g/mol. The zero-order valence-corrected chi connectivity index (χ0v) is 22.3. The van der Waals surface area contributed by atoms with Crippen LogP contribution < -0.4 is 37.9 Å². The standard InChI is InChI=1S/C27H31NO7S/c1-29-21-11-10-17(8-9-18-13-22(30-2)26(34-6)23(14-18)31-3)12-20(21)28-36-19-15-24(32-4)27(35-7)25(16-19)33-5/h8-16,28H,1-7H3/b9-8-. The molecule has 0 fully saturated rings. The largest absolute Gasteiger partial charge is 0.495 e. The van der Waals surface area contributed by atoms with Gasteiger partial charge < -0.3 is 37.9 Å². The molecule has 0 aliphatic rings. The summed E-state index contributed by atoms with van der Waals surface area (Å²) in [7, 11) is 11.2. The lowest BCUT2D eigenvalue weighted by Crippen LogP contribution is -1.97. The lowest BCUT2D eigenvalue weighted by molar-refractivity contribution is 0.323. The Morgan fingerprint density at radius 1 is 0.528 bits per heavy atom. The van der Waals surface area contributed by atoms with Crippen molar-refractivity contribution in [3.05, 3.63) is 53.6 Å². The maximum absolute atomic E-state index is 5.55. The third kappa shape index (κ3) is 6.04. The fourth-order valence-corrected chi connectivity index (χ4v) is 4.25. The third-order valence-corrected chi connectivity index (χ3v) is 6.09. The molecule has 0 heterocycles. The number of hydrogen-bond donors (Lipinski definition) is 1. The van der Waals surface area contributed by atoms with E-state index in [0.29, 0.717) is 40.2 Å². The van der Waals surface area contributed by atoms with E-state index in [4.69, 9.17) is 33.2 Å². The number of ether oxygens (including phenoxy) is 7. The summed E-state index contributed by atoms with van der Waals surface area (Å²) in [5.41, 5.74) is 2.68. The van der Waals surface area contributed by atoms with Crippen molar-refractivity contribution in [3.63, 3.8) is 0 Å². The van der Waals surface area contributed by atoms with E-state index >= 15 is 0 Å². The molecule has 8 nitrogen and oxygen atoms in total. The van der Waals surface area contributed by atoms with E-state index in [0.717, 1.165) is 21.7 Å². The predicted molar refractivity (Wildman–Crippen MR) is 144 cm³/mol. The van der Waals surface area contributed by atoms with Crippen molar-refractivity contribution in [2.45, 2.75) is 4.90 Å². The van der Waals surface area contributed by atoms with Crippen LogP contribution in [-0.2, 0) is 0 Å². The highest BCUT2D eigenvalue weighted by molar-refractivity contribution is 8.00. The average Bonchev–Trinajstić information content (AvgIpc) is 2.93. The number of rotatable bonds is 12. The Bertz CT molecular complexity index is 1160. The Labute approximate surface area is 216 Å². The first kappa shape index (κ1) is 26.7. The molecule has 0 saturated carbocycles. The quantitative estimate of drug-likeness (QED) is 0.230. The maximum atomic E-state index is 5.55. The summed E-state index contributed by atoms with van der Waals surface area (Å²) in [6, 6.07) is 13.4. The lowest BCUT2D eigenvalue weighted by Gasteiger charge is -2.15. The van der Waals surface area contributed by atoms with Crippen molar-refractivity contribution >= 4 is 29.8 Å². The molecule has 0 spiro atoms. The van der Waals surface area contributed by atoms with Crippen LogP contribution in [0.15, 0.2) is 47.4 Å². The van der Waals surface area contributed by atoms with Crippen LogP contribution in [-0.4, -0.2) is 49.8 Å². The molecular formula is C27H31NO7S. The number of methoxy groups -OCH3 is 7. The Balaban J connectivity index is 1.86. The third-order valence-electron chi connectivity index (χ3n) is 5.30. The van der Waals surface area contributed by atoms with Gasteiger partial charge in [-0.1, -0.05) is 18.2 Å². The van der Waals surface area contributed by atoms with Gasteiger partial charge in [-0.3, -0.25) is 0 Å². The van der Waals surface area contributed by atoms with Gasteiger partial charge >= 0.3 is 0 Å². The second kappa shape index (κ2) is 12.7. The van der Waals surface area contributed by atoms with Crippen molar-refractivity contribution in [1.82, 2.24) is 0 Å². The van der Waals surface area contributed by atoms with E-state index in [-0.39, 0.29) is 0 Å². The number of anilines is 1. The smallest absolute Gasteiger partial charge is 0.203 e. The molecule has 1 N–H and O–H groups in total. The first-order chi connectivity index (χ1) is 17.5. The second-order valence-corrected chi connectivity index (χ2v) is 8.20. The molecule has 3 rings (SSSR count). The molecule has 9 heteroatoms. The monoisotopic (exact) mass is 513 g/mol. The zero-order chi connectivity index (χ0) is 26.1. The first-order valence-electron chi connectivity index (χ1n) is 10.9. The summed E-state index contributed by atoms with van der Waals surface area (Å²) < 4.78 is 41.5. The summed E-state index contributed by atoms with van der Waals surface area (Å²) in [5, 5.41) is 0. The van der Waals surface area contributed by atoms with E-state index in [2.05, 4.69) is 4.72 Å². The highest BCUT2D eigenvalue weighted by Gasteiger charge is 2.15. The molecule has 3 aromatic carbocycles. The summed E-state index contributed by atoms with van der Waals surface area (Å²) >= 11 is 1.40. The van der Waals surface area contributed by atoms with Gasteiger partial charge in [-0.05, 0) is 59.5 Å². The van der Waals surface area contributed by atoms with Gasteiger partial charge in [-0.25, -0.2) is 0 Å². The van der Waals surface area contributed by atoms with Crippen molar-refractivity contribution in [1.29, 1.82) is 0 Å². The van der Waals surface area contributed by atoms with Gasteiger partial charge in [0.2, 0.25) is 11.5 Å². The molecule has 0 saturated heterocycles. The maximum Gasteiger partial charge on any atom is 0.203 e. The molecule has 0 amide bonds. The van der Waals surface area contributed by atoms with E-state index in [1.54, 1.807) is 49.8 Å². The van der Waals surface area contributed by atoms with E-state index < -0.39 is 0 Å². The number of hydrogen-bond acceptors (Lipinski definition) is 9. The molecule has 3 aromatic rings. The summed E-state index contributed by atoms with van der Waals surface area (Å²) in [5.74, 6) is 4.15. The van der Waals surface area contributed by atoms with Gasteiger partial charge in [0, 0.05) is 4.90 Å². The fraction of sp³-hybridized carbons (Fsp3) is 0.259. The molecule has 192 valence electrons. The predicted octanol–water partition coefficient (Wildman–Crippen LogP) is 6.04. The van der Waals surface area contributed by atoms with Gasteiger partial charge in [0.1, 0.15) is 5.75 Å². The van der Waals surface area contributed by atoms with E-state index in [9.17, 15) is 0 Å². The van der Waals surface area contributed by atoms with Gasteiger partial charge in [-0.15, -0.1) is 0 Å². The van der Waals surface area contributed by atoms with Crippen LogP contribution in [0.25, 0.3) is 12.2 Å². The molecule has 36 heavy (non-hydrogen) atoms. The number of nitrogens with one attached hydrogen (secondary N) is 1. The second-order valence-electron chi connectivity index (χ2n) is 7.32. The van der Waals surface area contributed by atoms with Crippen LogP contribution in [0.1, 0.15) is 11.1 Å². The summed E-state index contributed by atoms with van der Waals surface area (Å²) in [4.78, 5) is 0.880. The van der Waals surface area contributed by atoms with Gasteiger partial charge in [0.25, 0.3) is 0 Å². The summed E-state index contributed by atoms with van der Waals surface area (Å²) in [6.45, 7) is 0. The fourth-order valence-electron chi connectivity index (χ4n) is 3.53. The Kier molecular flexibility index (Phi) is 9.46. The average molecular weight is 514 g/mol. The minimum atomic E-state index is 0.542. The lowest BCUT2D eigenvalue weighted by atomic mass is 10.1. The summed E-state index contributed by atoms with van der Waals surface area (Å²) in [6.07, 6.45) is 3.97. The van der Waals surface area contributed by atoms with Crippen molar-refractivity contribution in [2.24, 2.45) is 0 Å². The van der Waals surface area contributed by atoms with Crippen LogP contribution >= 0.6 is 11.9 Å². The highest BCUT2D eigenvalue weighted by atomic mass is 32.2. The van der Waals surface area contributed by atoms with Gasteiger partial charge in [-0.2, -0.15) is 0 Å². The Hall–Kier alpha value is -3.85. The Morgan fingerprint density at radius 3 is 1.47 bits per heavy atom. The van der Waals surface area contributed by atoms with E-state index in [1.165, 1.54) is 11.9 Å². The van der Waals surface area contributed by atoms with Crippen LogP contribution in [0.5, 0.6) is 40.2 Å². The van der Waals surface area contributed by atoms with E-state index in [1.807, 2.05) is 54.6 Å². The van der Waals surface area contributed by atoms with Gasteiger partial charge in [0.15, 0.2) is 23.0 Å². The Morgan fingerprint density at radius 2 is 1.00 bits per heavy atom. The highest BCUT2D eigenvalue weighted by Crippen LogP contribution is 2.42. The van der Waals surface area contributed by atoms with Crippen LogP contribution in [0.4, 0.5) is 5.69 Å². The molecule has 0 aliphatic carbocycles. The SMILES string of the molecule is COc1ccc(/C=C\c2cc(OC)c(OC)c(OC)c2)cc1NSc1cc(OC)c(OC)c(OC)c1. The van der Waals surface area contributed by atoms with Crippen LogP contribution in [0, 0.1) is 0 Å². The van der Waals surface area contributed by atoms with Crippen molar-refractivity contribution in [3.8, 4) is 40.2 Å². The van der Waals surface area contributed by atoms with Crippen LogP contribution in [0.2, 0.25) is 0 Å². The minimum absolute atomic E-state index is 0.542. The molecule has 0 bridgehead atoms. The normalized spacial score (nSPS) is 10.6. The minimum Gasteiger partial charge on any atom is -0.495 e. The van der Waals surface area contributed by atoms with Crippen molar-refractivity contribution in [2.75, 3.05) is 54.5 Å². The first-order valence-corrected chi connectivity index (χ1v) is 11.7.